The number of rotatable bonds is 4. The van der Waals surface area contributed by atoms with E-state index in [-0.39, 0.29) is 19.4 Å². The molecule has 2 rings (SSSR count). The molecule has 1 heterocycles. The Hall–Kier alpha value is -1.30. The first-order valence-electron chi connectivity index (χ1n) is 5.54. The van der Waals surface area contributed by atoms with Crippen LogP contribution in [0.4, 0.5) is 0 Å². The van der Waals surface area contributed by atoms with Crippen LogP contribution in [0.3, 0.4) is 0 Å². The van der Waals surface area contributed by atoms with Gasteiger partial charge in [-0.25, -0.2) is 0 Å². The molecule has 0 saturated carbocycles. The number of methoxy groups -OCH3 is 1. The van der Waals surface area contributed by atoms with E-state index in [0.29, 0.717) is 18.8 Å². The van der Waals surface area contributed by atoms with Crippen LogP contribution in [0.5, 0.6) is 11.5 Å². The van der Waals surface area contributed by atoms with Gasteiger partial charge >= 0.3 is 0 Å². The van der Waals surface area contributed by atoms with E-state index in [1.54, 1.807) is 7.11 Å². The third kappa shape index (κ3) is 2.52. The highest BCUT2D eigenvalue weighted by atomic mass is 16.7. The molecule has 0 amide bonds. The summed E-state index contributed by atoms with van der Waals surface area (Å²) in [6, 6.07) is 3.49. The molecule has 0 bridgehead atoms. The maximum absolute atomic E-state index is 8.93. The molecule has 0 saturated heterocycles. The van der Waals surface area contributed by atoms with Crippen LogP contribution in [0.1, 0.15) is 23.6 Å². The van der Waals surface area contributed by atoms with Crippen LogP contribution < -0.4 is 15.2 Å². The lowest BCUT2D eigenvalue weighted by Crippen LogP contribution is -2.16. The van der Waals surface area contributed by atoms with Gasteiger partial charge in [-0.2, -0.15) is 0 Å². The fourth-order valence-corrected chi connectivity index (χ4v) is 1.88. The lowest BCUT2D eigenvalue weighted by molar-refractivity contribution is -0.0166. The second-order valence-electron chi connectivity index (χ2n) is 3.93. The van der Waals surface area contributed by atoms with Crippen LogP contribution in [-0.4, -0.2) is 25.6 Å². The fraction of sp³-hybridized carbons (Fsp3) is 0.500. The lowest BCUT2D eigenvalue weighted by Gasteiger charge is -2.22. The summed E-state index contributed by atoms with van der Waals surface area (Å²) < 4.78 is 15.9. The smallest absolute Gasteiger partial charge is 0.189 e. The highest BCUT2D eigenvalue weighted by Crippen LogP contribution is 2.34. The van der Waals surface area contributed by atoms with Crippen molar-refractivity contribution in [2.75, 3.05) is 20.5 Å². The maximum Gasteiger partial charge on any atom is 0.189 e. The van der Waals surface area contributed by atoms with E-state index in [0.717, 1.165) is 16.9 Å². The van der Waals surface area contributed by atoms with Crippen LogP contribution in [0, 0.1) is 0 Å². The van der Waals surface area contributed by atoms with Gasteiger partial charge in [0.1, 0.15) is 11.5 Å². The Balaban J connectivity index is 2.36. The lowest BCUT2D eigenvalue weighted by atomic mass is 10.0. The Bertz CT molecular complexity index is 394. The molecule has 0 aromatic heterocycles. The van der Waals surface area contributed by atoms with Crippen molar-refractivity contribution in [3.05, 3.63) is 23.3 Å². The molecule has 1 aliphatic rings. The standard InChI is InChI=1S/C12H17NO4/c1-15-12-4-8-6-16-7-17-11(8)5-9(12)10(13)2-3-14/h4-5,10,14H,2-3,6-7,13H2,1H3. The molecule has 0 fully saturated rings. The predicted octanol–water partition coefficient (Wildman–Crippen LogP) is 0.944. The van der Waals surface area contributed by atoms with E-state index in [2.05, 4.69) is 0 Å². The number of hydrogen-bond acceptors (Lipinski definition) is 5. The third-order valence-electron chi connectivity index (χ3n) is 2.81. The number of aliphatic hydroxyl groups excluding tert-OH is 1. The fourth-order valence-electron chi connectivity index (χ4n) is 1.88. The van der Waals surface area contributed by atoms with Crippen molar-refractivity contribution in [1.82, 2.24) is 0 Å². The molecule has 17 heavy (non-hydrogen) atoms. The van der Waals surface area contributed by atoms with Crippen molar-refractivity contribution in [3.8, 4) is 11.5 Å². The summed E-state index contributed by atoms with van der Waals surface area (Å²) in [5.74, 6) is 1.49. The molecule has 5 nitrogen and oxygen atoms in total. The number of ether oxygens (including phenoxy) is 3. The number of aliphatic hydroxyl groups is 1. The topological polar surface area (TPSA) is 73.9 Å². The average Bonchev–Trinajstić information content (AvgIpc) is 2.37. The van der Waals surface area contributed by atoms with Gasteiger partial charge in [0, 0.05) is 23.8 Å². The van der Waals surface area contributed by atoms with Gasteiger partial charge < -0.3 is 25.1 Å². The molecule has 1 aromatic rings. The monoisotopic (exact) mass is 239 g/mol. The molecule has 0 radical (unpaired) electrons. The van der Waals surface area contributed by atoms with Gasteiger partial charge in [-0.3, -0.25) is 0 Å². The average molecular weight is 239 g/mol. The maximum atomic E-state index is 8.93. The molecule has 1 aliphatic heterocycles. The summed E-state index contributed by atoms with van der Waals surface area (Å²) in [7, 11) is 1.60. The van der Waals surface area contributed by atoms with E-state index in [9.17, 15) is 0 Å². The zero-order chi connectivity index (χ0) is 12.3. The second-order valence-corrected chi connectivity index (χ2v) is 3.93. The Kier molecular flexibility index (Phi) is 3.83. The Labute approximate surface area is 100 Å². The molecule has 3 N–H and O–H groups in total. The molecule has 1 aromatic carbocycles. The highest BCUT2D eigenvalue weighted by Gasteiger charge is 2.18. The number of hydrogen-bond donors (Lipinski definition) is 2. The largest absolute Gasteiger partial charge is 0.496 e. The van der Waals surface area contributed by atoms with Crippen LogP contribution in [-0.2, 0) is 11.3 Å². The van der Waals surface area contributed by atoms with Crippen LogP contribution >= 0.6 is 0 Å². The minimum Gasteiger partial charge on any atom is -0.496 e. The van der Waals surface area contributed by atoms with E-state index in [1.165, 1.54) is 0 Å². The summed E-state index contributed by atoms with van der Waals surface area (Å²) in [4.78, 5) is 0. The molecule has 94 valence electrons. The van der Waals surface area contributed by atoms with Crippen molar-refractivity contribution in [2.24, 2.45) is 5.73 Å². The SMILES string of the molecule is COc1cc2c(cc1C(N)CCO)OCOC2. The van der Waals surface area contributed by atoms with Crippen molar-refractivity contribution >= 4 is 0 Å². The first kappa shape index (κ1) is 12.2. The first-order valence-corrected chi connectivity index (χ1v) is 5.54. The minimum absolute atomic E-state index is 0.0470. The van der Waals surface area contributed by atoms with Crippen molar-refractivity contribution in [1.29, 1.82) is 0 Å². The van der Waals surface area contributed by atoms with Crippen LogP contribution in [0.25, 0.3) is 0 Å². The summed E-state index contributed by atoms with van der Waals surface area (Å²) >= 11 is 0. The minimum atomic E-state index is -0.258. The van der Waals surface area contributed by atoms with Gasteiger partial charge in [0.15, 0.2) is 6.79 Å². The molecule has 1 atom stereocenters. The molecular formula is C12H17NO4. The Morgan fingerprint density at radius 3 is 3.06 bits per heavy atom. The van der Waals surface area contributed by atoms with E-state index < -0.39 is 0 Å². The highest BCUT2D eigenvalue weighted by molar-refractivity contribution is 5.48. The van der Waals surface area contributed by atoms with Gasteiger partial charge in [0.25, 0.3) is 0 Å². The van der Waals surface area contributed by atoms with Gasteiger partial charge in [0.05, 0.1) is 13.7 Å². The van der Waals surface area contributed by atoms with E-state index in [4.69, 9.17) is 25.1 Å². The first-order chi connectivity index (χ1) is 8.26. The number of benzene rings is 1. The summed E-state index contributed by atoms with van der Waals surface area (Å²) in [6.07, 6.45) is 0.492. The van der Waals surface area contributed by atoms with Gasteiger partial charge in [-0.15, -0.1) is 0 Å². The Morgan fingerprint density at radius 2 is 2.35 bits per heavy atom. The van der Waals surface area contributed by atoms with Crippen LogP contribution in [0.15, 0.2) is 12.1 Å². The normalized spacial score (nSPS) is 15.9. The molecule has 1 unspecified atom stereocenters. The summed E-state index contributed by atoms with van der Waals surface area (Å²) in [6.45, 7) is 0.820. The summed E-state index contributed by atoms with van der Waals surface area (Å²) in [5.41, 5.74) is 7.79. The van der Waals surface area contributed by atoms with E-state index >= 15 is 0 Å². The number of fused-ring (bicyclic) bond motifs is 1. The van der Waals surface area contributed by atoms with Crippen molar-refractivity contribution in [3.63, 3.8) is 0 Å². The van der Waals surface area contributed by atoms with Crippen molar-refractivity contribution < 1.29 is 19.3 Å². The molecule has 0 spiro atoms. The quantitative estimate of drug-likeness (QED) is 0.818. The molecule has 5 heteroatoms. The predicted molar refractivity (Wildman–Crippen MR) is 61.9 cm³/mol. The third-order valence-corrected chi connectivity index (χ3v) is 2.81. The summed E-state index contributed by atoms with van der Waals surface area (Å²) in [5, 5.41) is 8.93. The van der Waals surface area contributed by atoms with Gasteiger partial charge in [0.2, 0.25) is 0 Å². The Morgan fingerprint density at radius 1 is 1.53 bits per heavy atom. The van der Waals surface area contributed by atoms with Gasteiger partial charge in [-0.05, 0) is 18.6 Å². The number of nitrogens with two attached hydrogens (primary N) is 1. The van der Waals surface area contributed by atoms with Crippen LogP contribution in [0.2, 0.25) is 0 Å². The molecule has 0 aliphatic carbocycles. The van der Waals surface area contributed by atoms with E-state index in [1.807, 2.05) is 12.1 Å². The second kappa shape index (κ2) is 5.35. The van der Waals surface area contributed by atoms with Gasteiger partial charge in [-0.1, -0.05) is 0 Å². The van der Waals surface area contributed by atoms with Crippen molar-refractivity contribution in [2.45, 2.75) is 19.1 Å². The molecular weight excluding hydrogens is 222 g/mol. The zero-order valence-corrected chi connectivity index (χ0v) is 9.81. The zero-order valence-electron chi connectivity index (χ0n) is 9.81.